The summed E-state index contributed by atoms with van der Waals surface area (Å²) in [5.74, 6) is 0. The Morgan fingerprint density at radius 2 is 0.308 bits per heavy atom. The molecule has 0 aliphatic carbocycles. The van der Waals surface area contributed by atoms with E-state index in [0.29, 0.717) is 0 Å². The Kier molecular flexibility index (Phi) is 71500. The monoisotopic (exact) mass is 232 g/mol. The van der Waals surface area contributed by atoms with Gasteiger partial charge in [-0.15, -0.1) is 0 Å². The molecule has 7 heteroatoms. The predicted molar refractivity (Wildman–Crippen MR) is 57.3 cm³/mol. The molecule has 84 valence electrons. The normalized spacial score (nSPS) is 2.77. The van der Waals surface area contributed by atoms with Gasteiger partial charge >= 0.3 is 17.4 Å². The van der Waals surface area contributed by atoms with E-state index in [1.165, 1.54) is 0 Å². The van der Waals surface area contributed by atoms with Gasteiger partial charge in [-0.25, -0.2) is 0 Å². The van der Waals surface area contributed by atoms with Crippen molar-refractivity contribution in [2.24, 2.45) is 34.4 Å². The largest absolute Gasteiger partial charge is 6.00 e. The average Bonchev–Trinajstić information content (AvgIpc) is 2.33. The number of hydrogen-bond donors (Lipinski definition) is 6. The molecule has 0 amide bonds. The van der Waals surface area contributed by atoms with E-state index < -0.39 is 0 Å². The Hall–Kier alpha value is 0.292. The van der Waals surface area contributed by atoms with Crippen LogP contribution in [0.2, 0.25) is 0 Å². The standard InChI is InChI=1S/6CH4N.Cr/c6*1-2;/h6*1-2H2;/q6*-1;+6. The molecule has 0 rings (SSSR count). The zero-order valence-corrected chi connectivity index (χ0v) is 9.39. The molecule has 0 heterocycles. The van der Waals surface area contributed by atoms with Gasteiger partial charge in [-0.2, -0.15) is 0 Å². The van der Waals surface area contributed by atoms with E-state index in [1.807, 2.05) is 0 Å². The predicted octanol–water partition coefficient (Wildman–Crippen LogP) is -1.58. The van der Waals surface area contributed by atoms with Crippen molar-refractivity contribution in [3.05, 3.63) is 42.3 Å². The zero-order valence-electron chi connectivity index (χ0n) is 8.11. The van der Waals surface area contributed by atoms with Crippen LogP contribution in [0.3, 0.4) is 0 Å². The first-order valence-corrected chi connectivity index (χ1v) is 2.45. The minimum atomic E-state index is 0. The fourth-order valence-electron chi connectivity index (χ4n) is 0. The maximum atomic E-state index is 4.25. The minimum absolute atomic E-state index is 0. The molecular weight excluding hydrogens is 208 g/mol. The maximum absolute atomic E-state index is 4.25. The first-order valence-electron chi connectivity index (χ1n) is 2.45. The molecule has 0 aromatic rings. The van der Waals surface area contributed by atoms with Crippen molar-refractivity contribution in [1.29, 1.82) is 0 Å². The molecule has 0 unspecified atom stereocenters. The molecule has 12 N–H and O–H groups in total. The van der Waals surface area contributed by atoms with Crippen LogP contribution in [0.4, 0.5) is 0 Å². The van der Waals surface area contributed by atoms with Crippen molar-refractivity contribution in [2.45, 2.75) is 0 Å². The van der Waals surface area contributed by atoms with Gasteiger partial charge in [0.2, 0.25) is 0 Å². The van der Waals surface area contributed by atoms with Gasteiger partial charge in [0.25, 0.3) is 0 Å². The van der Waals surface area contributed by atoms with Crippen LogP contribution in [0.5, 0.6) is 0 Å². The molecule has 13 heavy (non-hydrogen) atoms. The van der Waals surface area contributed by atoms with Crippen LogP contribution >= 0.6 is 0 Å². The van der Waals surface area contributed by atoms with E-state index in [2.05, 4.69) is 76.7 Å². The molecule has 0 aromatic carbocycles. The van der Waals surface area contributed by atoms with E-state index in [0.717, 1.165) is 0 Å². The van der Waals surface area contributed by atoms with Gasteiger partial charge in [0.05, 0.1) is 0 Å². The van der Waals surface area contributed by atoms with Crippen molar-refractivity contribution >= 4 is 0 Å². The second kappa shape index (κ2) is 18300. The number of hydrogen-bond acceptors (Lipinski definition) is 6. The van der Waals surface area contributed by atoms with E-state index >= 15 is 0 Å². The molecule has 0 aromatic heterocycles. The SMILES string of the molecule is [CH2-]N.[CH2-]N.[CH2-]N.[CH2-]N.[CH2-]N.[CH2-]N.[Cr+6]. The molecule has 0 spiro atoms. The van der Waals surface area contributed by atoms with E-state index in [4.69, 9.17) is 0 Å². The van der Waals surface area contributed by atoms with Crippen molar-refractivity contribution in [1.82, 2.24) is 0 Å². The molecule has 0 saturated heterocycles. The Morgan fingerprint density at radius 1 is 0.308 bits per heavy atom. The Labute approximate surface area is 94.5 Å². The van der Waals surface area contributed by atoms with Crippen LogP contribution in [0.25, 0.3) is 0 Å². The zero-order chi connectivity index (χ0) is 12.0. The quantitative estimate of drug-likeness (QED) is 0.277. The van der Waals surface area contributed by atoms with Crippen LogP contribution in [0.15, 0.2) is 0 Å². The van der Waals surface area contributed by atoms with Crippen LogP contribution in [-0.2, 0) is 17.4 Å². The Bertz CT molecular complexity index is 17.1. The van der Waals surface area contributed by atoms with Crippen LogP contribution in [-0.4, -0.2) is 0 Å². The van der Waals surface area contributed by atoms with E-state index in [-0.39, 0.29) is 17.4 Å². The van der Waals surface area contributed by atoms with Gasteiger partial charge in [0.1, 0.15) is 0 Å². The van der Waals surface area contributed by atoms with Crippen molar-refractivity contribution < 1.29 is 17.4 Å². The van der Waals surface area contributed by atoms with Gasteiger partial charge < -0.3 is 34.4 Å². The molecule has 0 radical (unpaired) electrons. The molecule has 6 nitrogen and oxygen atoms in total. The van der Waals surface area contributed by atoms with Crippen LogP contribution in [0.1, 0.15) is 0 Å². The summed E-state index contributed by atoms with van der Waals surface area (Å²) in [7, 11) is 16.5. The third kappa shape index (κ3) is 15200. The maximum Gasteiger partial charge on any atom is 6.00 e. The van der Waals surface area contributed by atoms with E-state index in [9.17, 15) is 0 Å². The van der Waals surface area contributed by atoms with Crippen molar-refractivity contribution in [3.8, 4) is 0 Å². The number of nitrogens with two attached hydrogens (primary N) is 6. The summed E-state index contributed by atoms with van der Waals surface area (Å²) < 4.78 is 0. The third-order valence-corrected chi connectivity index (χ3v) is 0. The molecule has 0 aliphatic heterocycles. The summed E-state index contributed by atoms with van der Waals surface area (Å²) in [4.78, 5) is 0. The van der Waals surface area contributed by atoms with Gasteiger partial charge in [0.15, 0.2) is 0 Å². The summed E-state index contributed by atoms with van der Waals surface area (Å²) in [6.45, 7) is 0. The Balaban J connectivity index is -0.00000000655. The summed E-state index contributed by atoms with van der Waals surface area (Å²) in [5, 5.41) is 0. The molecule has 0 saturated carbocycles. The smallest absolute Gasteiger partial charge is 0.486 e. The van der Waals surface area contributed by atoms with Crippen LogP contribution < -0.4 is 34.4 Å². The third-order valence-electron chi connectivity index (χ3n) is 0. The topological polar surface area (TPSA) is 156 Å². The van der Waals surface area contributed by atoms with Gasteiger partial charge in [-0.05, 0) is 0 Å². The van der Waals surface area contributed by atoms with Crippen molar-refractivity contribution in [2.75, 3.05) is 0 Å². The molecule has 0 atom stereocenters. The van der Waals surface area contributed by atoms with Gasteiger partial charge in [-0.1, -0.05) is 0 Å². The molecule has 0 bridgehead atoms. The van der Waals surface area contributed by atoms with Crippen molar-refractivity contribution in [3.63, 3.8) is 0 Å². The summed E-state index contributed by atoms with van der Waals surface area (Å²) >= 11 is 0. The second-order valence-corrected chi connectivity index (χ2v) is 0. The minimum Gasteiger partial charge on any atom is -0.486 e. The molecule has 0 fully saturated rings. The fraction of sp³-hybridized carbons (Fsp3) is 0. The first kappa shape index (κ1) is 50.7. The summed E-state index contributed by atoms with van der Waals surface area (Å²) in [5.41, 5.74) is 25.5. The van der Waals surface area contributed by atoms with Crippen LogP contribution in [0, 0.1) is 42.3 Å². The number of rotatable bonds is 0. The molecular formula is C6H24CrN6. The summed E-state index contributed by atoms with van der Waals surface area (Å²) in [6.07, 6.45) is 0. The Morgan fingerprint density at radius 3 is 0.308 bits per heavy atom. The fourth-order valence-corrected chi connectivity index (χ4v) is 0. The van der Waals surface area contributed by atoms with Gasteiger partial charge in [0, 0.05) is 0 Å². The summed E-state index contributed by atoms with van der Waals surface area (Å²) in [6, 6.07) is 0. The molecule has 0 aliphatic rings. The first-order chi connectivity index (χ1) is 6.00. The van der Waals surface area contributed by atoms with E-state index in [1.54, 1.807) is 0 Å². The average molecular weight is 232 g/mol. The van der Waals surface area contributed by atoms with Gasteiger partial charge in [-0.3, -0.25) is 42.3 Å². The second-order valence-electron chi connectivity index (χ2n) is 0.